The summed E-state index contributed by atoms with van der Waals surface area (Å²) < 4.78 is 58.6. The second-order valence-corrected chi connectivity index (χ2v) is 8.58. The average Bonchev–Trinajstić information content (AvgIpc) is 3.52. The minimum absolute atomic E-state index is 0.0291. The first-order valence-corrected chi connectivity index (χ1v) is 11.5. The number of alkyl halides is 2. The predicted molar refractivity (Wildman–Crippen MR) is 124 cm³/mol. The molecule has 0 saturated heterocycles. The van der Waals surface area contributed by atoms with Crippen LogP contribution in [0.15, 0.2) is 36.9 Å². The minimum atomic E-state index is -2.91. The van der Waals surface area contributed by atoms with Gasteiger partial charge in [0, 0.05) is 35.5 Å². The molecule has 4 heterocycles. The lowest BCUT2D eigenvalue weighted by Gasteiger charge is -2.17. The highest BCUT2D eigenvalue weighted by atomic mass is 32.1. The monoisotopic (exact) mass is 517 g/mol. The molecule has 1 aromatic carbocycles. The van der Waals surface area contributed by atoms with Crippen LogP contribution in [-0.2, 0) is 17.9 Å². The van der Waals surface area contributed by atoms with Crippen LogP contribution in [0.5, 0.6) is 0 Å². The number of thiol groups is 1. The third-order valence-corrected chi connectivity index (χ3v) is 6.25. The Bertz CT molecular complexity index is 1450. The molecule has 36 heavy (non-hydrogen) atoms. The Balaban J connectivity index is 1.66. The first-order chi connectivity index (χ1) is 17.3. The van der Waals surface area contributed by atoms with E-state index in [0.717, 1.165) is 6.20 Å². The van der Waals surface area contributed by atoms with Crippen LogP contribution in [0, 0.1) is 18.6 Å². The van der Waals surface area contributed by atoms with E-state index in [1.807, 2.05) is 0 Å². The molecule has 0 bridgehead atoms. The second kappa shape index (κ2) is 9.37. The number of rotatable bonds is 6. The molecule has 0 radical (unpaired) electrons. The molecular weight excluding hydrogens is 498 g/mol. The fraction of sp³-hybridized carbons (Fsp3) is 0.261. The molecule has 8 nitrogen and oxygen atoms in total. The zero-order chi connectivity index (χ0) is 25.6. The predicted octanol–water partition coefficient (Wildman–Crippen LogP) is 4.34. The molecule has 4 aromatic rings. The number of hydrogen-bond donors (Lipinski definition) is 1. The Morgan fingerprint density at radius 3 is 2.58 bits per heavy atom. The van der Waals surface area contributed by atoms with Gasteiger partial charge >= 0.3 is 6.55 Å². The molecule has 186 valence electrons. The molecule has 0 fully saturated rings. The number of carbonyl (C=O) groups excluding carboxylic acids is 1. The normalized spacial score (nSPS) is 13.0. The summed E-state index contributed by atoms with van der Waals surface area (Å²) in [5.74, 6) is -1.00. The summed E-state index contributed by atoms with van der Waals surface area (Å²) >= 11 is 4.11. The fourth-order valence-electron chi connectivity index (χ4n) is 4.29. The van der Waals surface area contributed by atoms with E-state index in [0.29, 0.717) is 33.7 Å². The molecule has 0 atom stereocenters. The van der Waals surface area contributed by atoms with Gasteiger partial charge in [-0.25, -0.2) is 28.4 Å². The molecule has 1 amide bonds. The Morgan fingerprint density at radius 2 is 1.92 bits per heavy atom. The molecule has 0 spiro atoms. The van der Waals surface area contributed by atoms with Crippen LogP contribution in [0.3, 0.4) is 0 Å². The van der Waals surface area contributed by atoms with Crippen LogP contribution < -0.4 is 0 Å². The number of halogens is 4. The molecule has 0 N–H and O–H groups in total. The number of aromatic nitrogens is 6. The van der Waals surface area contributed by atoms with E-state index >= 15 is 4.39 Å². The van der Waals surface area contributed by atoms with Crippen molar-refractivity contribution in [3.63, 3.8) is 0 Å². The van der Waals surface area contributed by atoms with Gasteiger partial charge < -0.3 is 4.90 Å². The molecule has 3 aromatic heterocycles. The smallest absolute Gasteiger partial charge is 0.331 e. The first kappa shape index (κ1) is 24.0. The van der Waals surface area contributed by atoms with Crippen LogP contribution in [0.1, 0.15) is 30.1 Å². The molecule has 1 aliphatic heterocycles. The van der Waals surface area contributed by atoms with Crippen molar-refractivity contribution in [2.45, 2.75) is 33.0 Å². The fourth-order valence-corrected chi connectivity index (χ4v) is 4.48. The lowest BCUT2D eigenvalue weighted by molar-refractivity contribution is -0.131. The Kier molecular flexibility index (Phi) is 6.24. The number of imidazole rings is 1. The standard InChI is InChI=1S/C23H19F4N7OS/c1-12-15(8-30-34(12)23(26)27)13-6-14(17(25)7-16(13)24)22-31-18-9-32(21(35)3-5-36)10-19(18)33(22)20-2-4-28-11-29-20/h2,4,6-8,11,23,36H,3,5,9-10H2,1H3. The Hall–Kier alpha value is -3.74. The number of hydrogen-bond acceptors (Lipinski definition) is 6. The van der Waals surface area contributed by atoms with E-state index in [1.54, 1.807) is 15.5 Å². The van der Waals surface area contributed by atoms with E-state index in [1.165, 1.54) is 25.5 Å². The topological polar surface area (TPSA) is 81.7 Å². The van der Waals surface area contributed by atoms with Crippen molar-refractivity contribution < 1.29 is 22.4 Å². The van der Waals surface area contributed by atoms with Crippen molar-refractivity contribution in [3.05, 3.63) is 65.6 Å². The number of benzene rings is 1. The molecule has 0 saturated carbocycles. The van der Waals surface area contributed by atoms with Crippen molar-refractivity contribution in [3.8, 4) is 28.3 Å². The van der Waals surface area contributed by atoms with Crippen LogP contribution in [-0.4, -0.2) is 45.9 Å². The minimum Gasteiger partial charge on any atom is -0.331 e. The third-order valence-electron chi connectivity index (χ3n) is 6.03. The zero-order valence-electron chi connectivity index (χ0n) is 18.9. The molecule has 0 aliphatic carbocycles. The van der Waals surface area contributed by atoms with Crippen molar-refractivity contribution in [2.24, 2.45) is 0 Å². The Labute approximate surface area is 208 Å². The van der Waals surface area contributed by atoms with Gasteiger partial charge in [0.2, 0.25) is 5.91 Å². The maximum absolute atomic E-state index is 15.2. The summed E-state index contributed by atoms with van der Waals surface area (Å²) in [5, 5.41) is 3.63. The summed E-state index contributed by atoms with van der Waals surface area (Å²) in [6.07, 6.45) is 4.20. The van der Waals surface area contributed by atoms with Gasteiger partial charge in [0.25, 0.3) is 0 Å². The number of nitrogens with zero attached hydrogens (tertiary/aromatic N) is 7. The maximum atomic E-state index is 15.2. The van der Waals surface area contributed by atoms with E-state index in [4.69, 9.17) is 0 Å². The molecule has 0 unspecified atom stereocenters. The van der Waals surface area contributed by atoms with Gasteiger partial charge in [0.15, 0.2) is 0 Å². The van der Waals surface area contributed by atoms with E-state index in [-0.39, 0.29) is 53.6 Å². The first-order valence-electron chi connectivity index (χ1n) is 10.9. The van der Waals surface area contributed by atoms with Gasteiger partial charge in [0.05, 0.1) is 36.2 Å². The van der Waals surface area contributed by atoms with Crippen LogP contribution in [0.4, 0.5) is 17.6 Å². The summed E-state index contributed by atoms with van der Waals surface area (Å²) in [6.45, 7) is -1.10. The summed E-state index contributed by atoms with van der Waals surface area (Å²) in [7, 11) is 0. The van der Waals surface area contributed by atoms with Crippen LogP contribution in [0.25, 0.3) is 28.3 Å². The van der Waals surface area contributed by atoms with Crippen LogP contribution in [0.2, 0.25) is 0 Å². The molecular formula is C23H19F4N7OS. The molecule has 13 heteroatoms. The van der Waals surface area contributed by atoms with Gasteiger partial charge in [-0.2, -0.15) is 26.5 Å². The summed E-state index contributed by atoms with van der Waals surface area (Å²) in [4.78, 5) is 26.8. The number of amides is 1. The van der Waals surface area contributed by atoms with Gasteiger partial charge in [-0.1, -0.05) is 0 Å². The van der Waals surface area contributed by atoms with Crippen molar-refractivity contribution in [2.75, 3.05) is 5.75 Å². The largest absolute Gasteiger partial charge is 0.333 e. The number of carbonyl (C=O) groups is 1. The van der Waals surface area contributed by atoms with Gasteiger partial charge in [0.1, 0.15) is 29.6 Å². The highest BCUT2D eigenvalue weighted by Gasteiger charge is 2.32. The SMILES string of the molecule is Cc1c(-c2cc(-c3nc4c(n3-c3ccncn3)CN(C(=O)CCS)C4)c(F)cc2F)cnn1C(F)F. The maximum Gasteiger partial charge on any atom is 0.333 e. The lowest BCUT2D eigenvalue weighted by Crippen LogP contribution is -2.26. The van der Waals surface area contributed by atoms with E-state index in [2.05, 4.69) is 32.7 Å². The van der Waals surface area contributed by atoms with Gasteiger partial charge in [-0.3, -0.25) is 9.36 Å². The van der Waals surface area contributed by atoms with Crippen molar-refractivity contribution >= 4 is 18.5 Å². The Morgan fingerprint density at radius 1 is 1.14 bits per heavy atom. The van der Waals surface area contributed by atoms with Gasteiger partial charge in [-0.05, 0) is 24.8 Å². The molecule has 5 rings (SSSR count). The van der Waals surface area contributed by atoms with Crippen molar-refractivity contribution in [1.82, 2.24) is 34.2 Å². The number of fused-ring (bicyclic) bond motifs is 1. The van der Waals surface area contributed by atoms with Crippen molar-refractivity contribution in [1.29, 1.82) is 0 Å². The average molecular weight is 518 g/mol. The summed E-state index contributed by atoms with van der Waals surface area (Å²) in [5.41, 5.74) is 1.15. The highest BCUT2D eigenvalue weighted by molar-refractivity contribution is 7.80. The highest BCUT2D eigenvalue weighted by Crippen LogP contribution is 2.37. The lowest BCUT2D eigenvalue weighted by atomic mass is 10.0. The third kappa shape index (κ3) is 4.02. The summed E-state index contributed by atoms with van der Waals surface area (Å²) in [6, 6.07) is 3.52. The van der Waals surface area contributed by atoms with E-state index < -0.39 is 18.2 Å². The quantitative estimate of drug-likeness (QED) is 0.304. The van der Waals surface area contributed by atoms with Crippen LogP contribution >= 0.6 is 12.6 Å². The van der Waals surface area contributed by atoms with E-state index in [9.17, 15) is 18.0 Å². The van der Waals surface area contributed by atoms with Gasteiger partial charge in [-0.15, -0.1) is 0 Å². The molecule has 1 aliphatic rings. The second-order valence-electron chi connectivity index (χ2n) is 8.13. The zero-order valence-corrected chi connectivity index (χ0v) is 19.8.